The predicted octanol–water partition coefficient (Wildman–Crippen LogP) is 16.9. The third-order valence-corrected chi connectivity index (χ3v) is 14.0. The maximum absolute atomic E-state index is 5.59. The van der Waals surface area contributed by atoms with Crippen LogP contribution in [0.3, 0.4) is 0 Å². The summed E-state index contributed by atoms with van der Waals surface area (Å²) in [6, 6.07) is 79.8. The van der Waals surface area contributed by atoms with Gasteiger partial charge in [0.2, 0.25) is 0 Å². The highest BCUT2D eigenvalue weighted by atomic mass is 14.9. The van der Waals surface area contributed by atoms with Crippen LogP contribution in [0, 0.1) is 0 Å². The molecule has 1 aliphatic rings. The Hall–Kier alpha value is -8.20. The van der Waals surface area contributed by atoms with E-state index in [9.17, 15) is 0 Å². The van der Waals surface area contributed by atoms with Crippen molar-refractivity contribution >= 4 is 53.9 Å². The number of benzene rings is 11. The van der Waals surface area contributed by atoms with Gasteiger partial charge in [-0.3, -0.25) is 0 Å². The lowest BCUT2D eigenvalue weighted by molar-refractivity contribution is 0.660. The molecule has 0 saturated heterocycles. The maximum Gasteiger partial charge on any atom is 0.160 e. The molecule has 0 aliphatic heterocycles. The third-order valence-electron chi connectivity index (χ3n) is 14.0. The number of fused-ring (bicyclic) bond motifs is 12. The molecule has 0 bridgehead atoms. The SMILES string of the molecule is CC1(C)c2ccccc2-c2c(-c3cc(-c4ccccc4)nc(-c4cc(-c5ccc6c7ccccc7c7ccccc7c6c5)cc(-c5cc6ccccc6c6ccccc56)c4)n3)cccc21. The molecule has 1 aliphatic carbocycles. The molecule has 0 amide bonds. The zero-order chi connectivity index (χ0) is 43.2. The second kappa shape index (κ2) is 14.4. The minimum atomic E-state index is -0.136. The molecule has 0 unspecified atom stereocenters. The fourth-order valence-electron chi connectivity index (χ4n) is 10.9. The Kier molecular flexibility index (Phi) is 8.29. The van der Waals surface area contributed by atoms with E-state index in [1.807, 2.05) is 0 Å². The number of hydrogen-bond acceptors (Lipinski definition) is 2. The van der Waals surface area contributed by atoms with E-state index in [1.54, 1.807) is 0 Å². The normalized spacial score (nSPS) is 12.9. The Labute approximate surface area is 378 Å². The van der Waals surface area contributed by atoms with Crippen molar-refractivity contribution in [3.63, 3.8) is 0 Å². The van der Waals surface area contributed by atoms with Crippen molar-refractivity contribution in [1.82, 2.24) is 9.97 Å². The Morgan fingerprint density at radius 1 is 0.292 bits per heavy atom. The molecule has 2 nitrogen and oxygen atoms in total. The van der Waals surface area contributed by atoms with Crippen LogP contribution in [0.4, 0.5) is 0 Å². The lowest BCUT2D eigenvalue weighted by Crippen LogP contribution is -2.14. The van der Waals surface area contributed by atoms with E-state index in [0.29, 0.717) is 5.82 Å². The molecule has 0 saturated carbocycles. The van der Waals surface area contributed by atoms with Crippen LogP contribution in [-0.2, 0) is 5.41 Å². The van der Waals surface area contributed by atoms with Crippen molar-refractivity contribution in [2.24, 2.45) is 0 Å². The van der Waals surface area contributed by atoms with E-state index < -0.39 is 0 Å². The first-order valence-corrected chi connectivity index (χ1v) is 22.6. The zero-order valence-corrected chi connectivity index (χ0v) is 36.2. The summed E-state index contributed by atoms with van der Waals surface area (Å²) >= 11 is 0. The number of hydrogen-bond donors (Lipinski definition) is 0. The lowest BCUT2D eigenvalue weighted by atomic mass is 9.82. The molecule has 0 atom stereocenters. The van der Waals surface area contributed by atoms with Crippen LogP contribution in [0.1, 0.15) is 25.0 Å². The third kappa shape index (κ3) is 5.88. The van der Waals surface area contributed by atoms with E-state index >= 15 is 0 Å². The van der Waals surface area contributed by atoms with E-state index in [0.717, 1.165) is 44.8 Å². The maximum atomic E-state index is 5.59. The van der Waals surface area contributed by atoms with Gasteiger partial charge >= 0.3 is 0 Å². The second-order valence-electron chi connectivity index (χ2n) is 18.1. The van der Waals surface area contributed by atoms with Gasteiger partial charge in [-0.2, -0.15) is 0 Å². The van der Waals surface area contributed by atoms with Crippen molar-refractivity contribution < 1.29 is 0 Å². The number of rotatable bonds is 5. The van der Waals surface area contributed by atoms with Crippen LogP contribution >= 0.6 is 0 Å². The largest absolute Gasteiger partial charge is 0.228 e. The molecular weight excluding hydrogens is 785 g/mol. The van der Waals surface area contributed by atoms with Crippen molar-refractivity contribution in [3.05, 3.63) is 230 Å². The van der Waals surface area contributed by atoms with E-state index in [2.05, 4.69) is 232 Å². The monoisotopic (exact) mass is 826 g/mol. The number of aromatic nitrogens is 2. The molecule has 304 valence electrons. The molecule has 0 radical (unpaired) electrons. The summed E-state index contributed by atoms with van der Waals surface area (Å²) in [4.78, 5) is 11.1. The molecule has 0 N–H and O–H groups in total. The molecule has 65 heavy (non-hydrogen) atoms. The highest BCUT2D eigenvalue weighted by molar-refractivity contribution is 6.26. The topological polar surface area (TPSA) is 25.8 Å². The first-order chi connectivity index (χ1) is 32.0. The summed E-state index contributed by atoms with van der Waals surface area (Å²) in [6.45, 7) is 4.67. The summed E-state index contributed by atoms with van der Waals surface area (Å²) < 4.78 is 0. The van der Waals surface area contributed by atoms with Crippen LogP contribution in [0.15, 0.2) is 218 Å². The molecule has 2 heteroatoms. The van der Waals surface area contributed by atoms with Gasteiger partial charge < -0.3 is 0 Å². The van der Waals surface area contributed by atoms with Crippen molar-refractivity contribution in [1.29, 1.82) is 0 Å². The van der Waals surface area contributed by atoms with Crippen molar-refractivity contribution in [2.45, 2.75) is 19.3 Å². The van der Waals surface area contributed by atoms with Gasteiger partial charge in [0.05, 0.1) is 11.4 Å². The summed E-state index contributed by atoms with van der Waals surface area (Å²) in [5, 5.41) is 12.5. The Morgan fingerprint density at radius 2 is 0.831 bits per heavy atom. The van der Waals surface area contributed by atoms with Crippen LogP contribution in [0.5, 0.6) is 0 Å². The van der Waals surface area contributed by atoms with Gasteiger partial charge in [-0.05, 0) is 135 Å². The molecule has 12 aromatic rings. The Morgan fingerprint density at radius 3 is 1.58 bits per heavy atom. The van der Waals surface area contributed by atoms with Gasteiger partial charge in [0.25, 0.3) is 0 Å². The fraction of sp³-hybridized carbons (Fsp3) is 0.0476. The van der Waals surface area contributed by atoms with Crippen molar-refractivity contribution in [2.75, 3.05) is 0 Å². The van der Waals surface area contributed by atoms with Crippen LogP contribution in [0.2, 0.25) is 0 Å². The fourth-order valence-corrected chi connectivity index (χ4v) is 10.9. The zero-order valence-electron chi connectivity index (χ0n) is 36.2. The molecule has 13 rings (SSSR count). The minimum absolute atomic E-state index is 0.136. The van der Waals surface area contributed by atoms with E-state index in [-0.39, 0.29) is 5.41 Å². The first-order valence-electron chi connectivity index (χ1n) is 22.6. The molecular formula is C63H42N2. The van der Waals surface area contributed by atoms with E-state index in [4.69, 9.17) is 9.97 Å². The van der Waals surface area contributed by atoms with Gasteiger partial charge in [0, 0.05) is 22.1 Å². The van der Waals surface area contributed by atoms with Gasteiger partial charge in [-0.15, -0.1) is 0 Å². The number of nitrogens with zero attached hydrogens (tertiary/aromatic N) is 2. The van der Waals surface area contributed by atoms with Gasteiger partial charge in [0.15, 0.2) is 5.82 Å². The average Bonchev–Trinajstić information content (AvgIpc) is 3.61. The lowest BCUT2D eigenvalue weighted by Gasteiger charge is -2.21. The van der Waals surface area contributed by atoms with Crippen LogP contribution in [0.25, 0.3) is 121 Å². The highest BCUT2D eigenvalue weighted by Crippen LogP contribution is 2.52. The smallest absolute Gasteiger partial charge is 0.160 e. The second-order valence-corrected chi connectivity index (χ2v) is 18.1. The summed E-state index contributed by atoms with van der Waals surface area (Å²) in [6.07, 6.45) is 0. The Bertz CT molecular complexity index is 3880. The minimum Gasteiger partial charge on any atom is -0.228 e. The summed E-state index contributed by atoms with van der Waals surface area (Å²) in [5.74, 6) is 0.690. The van der Waals surface area contributed by atoms with Gasteiger partial charge in [-0.1, -0.05) is 196 Å². The van der Waals surface area contributed by atoms with Gasteiger partial charge in [-0.25, -0.2) is 9.97 Å². The summed E-state index contributed by atoms with van der Waals surface area (Å²) in [7, 11) is 0. The van der Waals surface area contributed by atoms with Crippen LogP contribution < -0.4 is 0 Å². The van der Waals surface area contributed by atoms with Gasteiger partial charge in [0.1, 0.15) is 0 Å². The summed E-state index contributed by atoms with van der Waals surface area (Å²) in [5.41, 5.74) is 14.5. The average molecular weight is 827 g/mol. The molecule has 0 fully saturated rings. The van der Waals surface area contributed by atoms with Crippen LogP contribution in [-0.4, -0.2) is 9.97 Å². The van der Waals surface area contributed by atoms with Crippen molar-refractivity contribution in [3.8, 4) is 67.3 Å². The molecule has 1 heterocycles. The quantitative estimate of drug-likeness (QED) is 0.162. The molecule has 1 aromatic heterocycles. The standard InChI is InChI=1S/C63H42N2/c1-63(2)57-29-15-14-27-53(57)61-54(28-16-30-58(61)63)60-38-59(39-17-4-3-5-18-39)64-62(65-60)44-34-42(33-43(35-44)55-37-41-19-6-7-20-45(41)46-21-8-12-25-50(46)55)40-31-32-52-49-24-10-9-22-47(49)48-23-11-13-26-51(48)56(52)36-40/h3-38H,1-2H3. The predicted molar refractivity (Wildman–Crippen MR) is 274 cm³/mol. The first kappa shape index (κ1) is 37.4. The van der Waals surface area contributed by atoms with E-state index in [1.165, 1.54) is 81.7 Å². The molecule has 11 aromatic carbocycles. The Balaban J connectivity index is 1.10. The highest BCUT2D eigenvalue weighted by Gasteiger charge is 2.37. The molecule has 0 spiro atoms.